The van der Waals surface area contributed by atoms with Crippen molar-refractivity contribution in [1.29, 1.82) is 0 Å². The molecule has 2 saturated heterocycles. The number of rotatable bonds is 3. The van der Waals surface area contributed by atoms with E-state index in [0.29, 0.717) is 24.0 Å². The molecule has 0 spiro atoms. The van der Waals surface area contributed by atoms with Crippen molar-refractivity contribution in [2.24, 2.45) is 17.8 Å². The minimum atomic E-state index is -0.664. The third kappa shape index (κ3) is 3.15. The maximum absolute atomic E-state index is 13.2. The van der Waals surface area contributed by atoms with Crippen LogP contribution in [0, 0.1) is 17.8 Å². The molecular formula is C22H27N3O3. The summed E-state index contributed by atoms with van der Waals surface area (Å²) >= 11 is 0. The number of carbonyl (C=O) groups is 3. The van der Waals surface area contributed by atoms with Crippen LogP contribution in [0.25, 0.3) is 0 Å². The molecule has 1 aromatic rings. The molecule has 4 rings (SSSR count). The number of nitrogens with zero attached hydrogens (tertiary/aromatic N) is 1. The minimum Gasteiger partial charge on any atom is -0.369 e. The number of allylic oxidation sites excluding steroid dienone is 2. The summed E-state index contributed by atoms with van der Waals surface area (Å²) in [5.41, 5.74) is 2.94. The number of Topliss-reactive ketones (excluding diaryl/α,β-unsaturated/α-hetero) is 2. The number of hydrogen-bond acceptors (Lipinski definition) is 5. The van der Waals surface area contributed by atoms with Crippen LogP contribution >= 0.6 is 0 Å². The molecule has 0 saturated carbocycles. The molecule has 3 unspecified atom stereocenters. The van der Waals surface area contributed by atoms with E-state index in [9.17, 15) is 14.4 Å². The Labute approximate surface area is 165 Å². The molecule has 1 aliphatic carbocycles. The zero-order chi connectivity index (χ0) is 19.8. The zero-order valence-electron chi connectivity index (χ0n) is 16.5. The van der Waals surface area contributed by atoms with Crippen LogP contribution < -0.4 is 15.5 Å². The van der Waals surface area contributed by atoms with E-state index >= 15 is 0 Å². The number of ketones is 2. The zero-order valence-corrected chi connectivity index (χ0v) is 16.5. The van der Waals surface area contributed by atoms with Gasteiger partial charge in [0.15, 0.2) is 11.6 Å². The van der Waals surface area contributed by atoms with E-state index in [-0.39, 0.29) is 29.3 Å². The maximum atomic E-state index is 13.2. The lowest BCUT2D eigenvalue weighted by atomic mass is 9.75. The molecule has 0 radical (unpaired) electrons. The Balaban J connectivity index is 1.60. The van der Waals surface area contributed by atoms with Crippen LogP contribution in [-0.2, 0) is 4.79 Å². The largest absolute Gasteiger partial charge is 0.369 e. The van der Waals surface area contributed by atoms with Crippen molar-refractivity contribution < 1.29 is 14.4 Å². The van der Waals surface area contributed by atoms with Gasteiger partial charge in [0.25, 0.3) is 0 Å². The first kappa shape index (κ1) is 18.9. The van der Waals surface area contributed by atoms with Gasteiger partial charge in [-0.2, -0.15) is 0 Å². The number of carbonyl (C=O) groups excluding carboxylic acids is 3. The summed E-state index contributed by atoms with van der Waals surface area (Å²) in [6, 6.07) is 5.67. The van der Waals surface area contributed by atoms with Gasteiger partial charge in [-0.15, -0.1) is 0 Å². The number of benzene rings is 1. The fraction of sp³-hybridized carbons (Fsp3) is 0.500. The normalized spacial score (nSPS) is 27.7. The first-order valence-electron chi connectivity index (χ1n) is 10.2. The quantitative estimate of drug-likeness (QED) is 0.785. The molecule has 1 amide bonds. The lowest BCUT2D eigenvalue weighted by Gasteiger charge is -2.32. The van der Waals surface area contributed by atoms with Crippen molar-refractivity contribution in [3.8, 4) is 0 Å². The van der Waals surface area contributed by atoms with Gasteiger partial charge in [0.05, 0.1) is 5.92 Å². The Bertz CT molecular complexity index is 855. The van der Waals surface area contributed by atoms with Gasteiger partial charge >= 0.3 is 0 Å². The summed E-state index contributed by atoms with van der Waals surface area (Å²) in [4.78, 5) is 40.3. The molecule has 148 valence electrons. The molecule has 2 fully saturated rings. The third-order valence-electron chi connectivity index (χ3n) is 6.42. The molecule has 0 bridgehead atoms. The number of nitrogens with one attached hydrogen (secondary N) is 2. The van der Waals surface area contributed by atoms with E-state index in [1.54, 1.807) is 0 Å². The van der Waals surface area contributed by atoms with Crippen molar-refractivity contribution in [3.63, 3.8) is 0 Å². The Kier molecular flexibility index (Phi) is 5.06. The second-order valence-electron chi connectivity index (χ2n) is 7.97. The van der Waals surface area contributed by atoms with Gasteiger partial charge in [0, 0.05) is 61.0 Å². The van der Waals surface area contributed by atoms with Gasteiger partial charge in [0.1, 0.15) is 0 Å². The lowest BCUT2D eigenvalue weighted by molar-refractivity contribution is -0.122. The van der Waals surface area contributed by atoms with Crippen LogP contribution in [0.15, 0.2) is 30.0 Å². The Hall–Kier alpha value is -2.47. The van der Waals surface area contributed by atoms with Crippen molar-refractivity contribution in [1.82, 2.24) is 10.6 Å². The molecule has 6 heteroatoms. The minimum absolute atomic E-state index is 0.00424. The molecule has 2 aliphatic heterocycles. The molecule has 28 heavy (non-hydrogen) atoms. The van der Waals surface area contributed by atoms with Crippen LogP contribution in [0.5, 0.6) is 0 Å². The number of amides is 1. The van der Waals surface area contributed by atoms with Gasteiger partial charge in [-0.25, -0.2) is 0 Å². The van der Waals surface area contributed by atoms with Crippen molar-refractivity contribution in [3.05, 3.63) is 41.1 Å². The van der Waals surface area contributed by atoms with E-state index in [0.717, 1.165) is 37.6 Å². The number of piperazine rings is 1. The summed E-state index contributed by atoms with van der Waals surface area (Å²) in [5, 5.41) is 6.24. The Morgan fingerprint density at radius 1 is 1.11 bits per heavy atom. The summed E-state index contributed by atoms with van der Waals surface area (Å²) in [7, 11) is 0. The van der Waals surface area contributed by atoms with Crippen molar-refractivity contribution in [2.75, 3.05) is 31.1 Å². The van der Waals surface area contributed by atoms with Crippen molar-refractivity contribution in [2.45, 2.75) is 26.7 Å². The third-order valence-corrected chi connectivity index (χ3v) is 6.42. The summed E-state index contributed by atoms with van der Waals surface area (Å²) in [6.45, 7) is 7.48. The standard InChI is InChI=1S/C22H27N3O3/c1-3-18-15(6-7-19(26)24-18)13(2)20-21(27)16-5-4-14(12-17(16)22(20)28)25-10-8-23-9-11-25/h3-5,12-13,15,20,23H,6-11H2,1-2H3,(H,24,26)/b18-3-. The molecule has 3 atom stereocenters. The van der Waals surface area contributed by atoms with Gasteiger partial charge in [-0.3, -0.25) is 14.4 Å². The number of anilines is 1. The van der Waals surface area contributed by atoms with Gasteiger partial charge in [-0.05, 0) is 37.5 Å². The lowest BCUT2D eigenvalue weighted by Crippen LogP contribution is -2.43. The van der Waals surface area contributed by atoms with Crippen LogP contribution in [-0.4, -0.2) is 43.7 Å². The monoisotopic (exact) mass is 381 g/mol. The van der Waals surface area contributed by atoms with Crippen molar-refractivity contribution >= 4 is 23.2 Å². The van der Waals surface area contributed by atoms with Crippen LogP contribution in [0.3, 0.4) is 0 Å². The van der Waals surface area contributed by atoms with E-state index in [1.165, 1.54) is 0 Å². The molecule has 3 aliphatic rings. The Morgan fingerprint density at radius 2 is 1.82 bits per heavy atom. The molecule has 2 heterocycles. The highest BCUT2D eigenvalue weighted by atomic mass is 16.2. The molecular weight excluding hydrogens is 354 g/mol. The molecule has 2 N–H and O–H groups in total. The highest BCUT2D eigenvalue weighted by Gasteiger charge is 2.45. The highest BCUT2D eigenvalue weighted by Crippen LogP contribution is 2.40. The Morgan fingerprint density at radius 3 is 2.54 bits per heavy atom. The average Bonchev–Trinajstić information content (AvgIpc) is 2.98. The number of hydrogen-bond donors (Lipinski definition) is 2. The summed E-state index contributed by atoms with van der Waals surface area (Å²) in [5.74, 6) is -0.944. The first-order chi connectivity index (χ1) is 13.5. The van der Waals surface area contributed by atoms with E-state index in [4.69, 9.17) is 0 Å². The second kappa shape index (κ2) is 7.51. The van der Waals surface area contributed by atoms with Crippen LogP contribution in [0.2, 0.25) is 0 Å². The van der Waals surface area contributed by atoms with Crippen LogP contribution in [0.4, 0.5) is 5.69 Å². The first-order valence-corrected chi connectivity index (χ1v) is 10.2. The molecule has 6 nitrogen and oxygen atoms in total. The van der Waals surface area contributed by atoms with Crippen LogP contribution in [0.1, 0.15) is 47.4 Å². The highest BCUT2D eigenvalue weighted by molar-refractivity contribution is 6.26. The summed E-state index contributed by atoms with van der Waals surface area (Å²) < 4.78 is 0. The van der Waals surface area contributed by atoms with E-state index in [2.05, 4.69) is 15.5 Å². The van der Waals surface area contributed by atoms with Gasteiger partial charge in [0.2, 0.25) is 5.91 Å². The van der Waals surface area contributed by atoms with Gasteiger partial charge < -0.3 is 15.5 Å². The fourth-order valence-electron chi connectivity index (χ4n) is 4.83. The molecule has 1 aromatic carbocycles. The fourth-order valence-corrected chi connectivity index (χ4v) is 4.83. The summed E-state index contributed by atoms with van der Waals surface area (Å²) in [6.07, 6.45) is 2.99. The van der Waals surface area contributed by atoms with E-state index in [1.807, 2.05) is 38.1 Å². The average molecular weight is 381 g/mol. The SMILES string of the molecule is C/C=C1\NC(=O)CCC1C(C)C1C(=O)c2ccc(N3CCNCC3)cc2C1=O. The predicted molar refractivity (Wildman–Crippen MR) is 107 cm³/mol. The predicted octanol–water partition coefficient (Wildman–Crippen LogP) is 2.16. The maximum Gasteiger partial charge on any atom is 0.224 e. The number of fused-ring (bicyclic) bond motifs is 1. The smallest absolute Gasteiger partial charge is 0.224 e. The topological polar surface area (TPSA) is 78.5 Å². The molecule has 0 aromatic heterocycles. The van der Waals surface area contributed by atoms with E-state index < -0.39 is 5.92 Å². The van der Waals surface area contributed by atoms with Gasteiger partial charge in [-0.1, -0.05) is 13.0 Å². The second-order valence-corrected chi connectivity index (χ2v) is 7.97. The number of piperidine rings is 1.